The van der Waals surface area contributed by atoms with E-state index in [4.69, 9.17) is 4.74 Å². The highest BCUT2D eigenvalue weighted by Gasteiger charge is 2.20. The first-order valence-corrected chi connectivity index (χ1v) is 36.1. The zero-order valence-electron chi connectivity index (χ0n) is 53.6. The van der Waals surface area contributed by atoms with Crippen molar-refractivity contribution in [2.24, 2.45) is 0 Å². The van der Waals surface area contributed by atoms with E-state index in [0.717, 1.165) is 51.4 Å². The third kappa shape index (κ3) is 65.4. The minimum Gasteiger partial charge on any atom is -0.466 e. The van der Waals surface area contributed by atoms with Crippen molar-refractivity contribution in [2.75, 3.05) is 13.2 Å². The standard InChI is InChI=1S/C73H141NO5/c1-3-5-7-9-11-13-15-17-19-20-31-34-38-41-45-49-53-57-61-65-71(76)70(69-75)74-72(77)66-62-58-54-50-46-42-39-35-32-29-27-25-23-21-22-24-26-28-30-33-36-40-44-48-52-56-60-64-68-79-73(78)67-63-59-55-51-47-43-37-18-16-14-12-10-8-6-4-2/h12,14,18,37,70-71,75-76H,3-11,13,15-17,19-36,38-69H2,1-2H3,(H,74,77)/b14-12-,37-18-. The molecule has 1 amide bonds. The van der Waals surface area contributed by atoms with Crippen molar-refractivity contribution in [3.63, 3.8) is 0 Å². The van der Waals surface area contributed by atoms with Crippen LogP contribution in [0.2, 0.25) is 0 Å². The summed E-state index contributed by atoms with van der Waals surface area (Å²) in [7, 11) is 0. The molecule has 2 atom stereocenters. The molecule has 0 aromatic rings. The molecule has 2 unspecified atom stereocenters. The van der Waals surface area contributed by atoms with E-state index in [-0.39, 0.29) is 18.5 Å². The lowest BCUT2D eigenvalue weighted by Gasteiger charge is -2.22. The molecule has 0 aliphatic heterocycles. The zero-order chi connectivity index (χ0) is 57.1. The fourth-order valence-corrected chi connectivity index (χ4v) is 11.5. The minimum atomic E-state index is -0.663. The van der Waals surface area contributed by atoms with Crippen LogP contribution >= 0.6 is 0 Å². The van der Waals surface area contributed by atoms with E-state index in [1.807, 2.05) is 0 Å². The van der Waals surface area contributed by atoms with E-state index >= 15 is 0 Å². The highest BCUT2D eigenvalue weighted by molar-refractivity contribution is 5.76. The van der Waals surface area contributed by atoms with Crippen LogP contribution in [0.15, 0.2) is 24.3 Å². The van der Waals surface area contributed by atoms with Gasteiger partial charge in [0.05, 0.1) is 25.4 Å². The molecule has 6 heteroatoms. The van der Waals surface area contributed by atoms with Crippen molar-refractivity contribution in [1.29, 1.82) is 0 Å². The van der Waals surface area contributed by atoms with E-state index in [9.17, 15) is 19.8 Å². The van der Waals surface area contributed by atoms with Crippen molar-refractivity contribution in [2.45, 2.75) is 418 Å². The Morgan fingerprint density at radius 3 is 0.987 bits per heavy atom. The molecule has 0 aliphatic rings. The first-order chi connectivity index (χ1) is 39.0. The van der Waals surface area contributed by atoms with Gasteiger partial charge in [-0.3, -0.25) is 9.59 Å². The van der Waals surface area contributed by atoms with Gasteiger partial charge in [0.15, 0.2) is 0 Å². The number of allylic oxidation sites excluding steroid dienone is 4. The van der Waals surface area contributed by atoms with Gasteiger partial charge in [-0.05, 0) is 57.8 Å². The van der Waals surface area contributed by atoms with Crippen molar-refractivity contribution in [3.05, 3.63) is 24.3 Å². The molecule has 79 heavy (non-hydrogen) atoms. The highest BCUT2D eigenvalue weighted by Crippen LogP contribution is 2.19. The molecule has 0 saturated carbocycles. The van der Waals surface area contributed by atoms with Crippen LogP contribution in [0.3, 0.4) is 0 Å². The summed E-state index contributed by atoms with van der Waals surface area (Å²) in [4.78, 5) is 24.6. The topological polar surface area (TPSA) is 95.9 Å². The molecule has 0 aromatic carbocycles. The number of aliphatic hydroxyl groups is 2. The SMILES string of the molecule is CCCCC/C=C\C/C=C\CCCCCCCC(=O)OCCCCCCCCCCCCCCCCCCCCCCCCCCCCCCC(=O)NC(CO)C(O)CCCCCCCCCCCCCCCCCCCCC. The van der Waals surface area contributed by atoms with Gasteiger partial charge in [0.1, 0.15) is 0 Å². The molecule has 0 fully saturated rings. The maximum atomic E-state index is 12.5. The van der Waals surface area contributed by atoms with Crippen molar-refractivity contribution >= 4 is 11.9 Å². The molecule has 0 radical (unpaired) electrons. The largest absolute Gasteiger partial charge is 0.466 e. The maximum absolute atomic E-state index is 12.5. The van der Waals surface area contributed by atoms with E-state index in [1.54, 1.807) is 0 Å². The molecule has 0 spiro atoms. The second kappa shape index (κ2) is 68.8. The lowest BCUT2D eigenvalue weighted by molar-refractivity contribution is -0.143. The first kappa shape index (κ1) is 77.3. The summed E-state index contributed by atoms with van der Waals surface area (Å²) in [5, 5.41) is 23.4. The number of esters is 1. The normalized spacial score (nSPS) is 12.6. The van der Waals surface area contributed by atoms with Crippen LogP contribution in [0.25, 0.3) is 0 Å². The summed E-state index contributed by atoms with van der Waals surface area (Å²) >= 11 is 0. The average Bonchev–Trinajstić information content (AvgIpc) is 3.45. The van der Waals surface area contributed by atoms with Gasteiger partial charge < -0.3 is 20.3 Å². The van der Waals surface area contributed by atoms with Crippen molar-refractivity contribution in [1.82, 2.24) is 5.32 Å². The number of hydrogen-bond donors (Lipinski definition) is 3. The van der Waals surface area contributed by atoms with Gasteiger partial charge in [-0.15, -0.1) is 0 Å². The Bertz CT molecular complexity index is 1230. The molecule has 468 valence electrons. The fraction of sp³-hybridized carbons (Fsp3) is 0.918. The van der Waals surface area contributed by atoms with Gasteiger partial charge in [0.2, 0.25) is 5.91 Å². The predicted molar refractivity (Wildman–Crippen MR) is 347 cm³/mol. The quantitative estimate of drug-likeness (QED) is 0.0320. The number of ether oxygens (including phenoxy) is 1. The second-order valence-corrected chi connectivity index (χ2v) is 24.9. The fourth-order valence-electron chi connectivity index (χ4n) is 11.5. The molecule has 0 saturated heterocycles. The molecular formula is C73H141NO5. The van der Waals surface area contributed by atoms with Gasteiger partial charge in [-0.2, -0.15) is 0 Å². The van der Waals surface area contributed by atoms with Gasteiger partial charge in [0, 0.05) is 12.8 Å². The monoisotopic (exact) mass is 1110 g/mol. The molecule has 0 bridgehead atoms. The Morgan fingerprint density at radius 2 is 0.633 bits per heavy atom. The second-order valence-electron chi connectivity index (χ2n) is 24.9. The summed E-state index contributed by atoms with van der Waals surface area (Å²) < 4.78 is 5.49. The van der Waals surface area contributed by atoms with Gasteiger partial charge in [-0.25, -0.2) is 0 Å². The molecular weight excluding hydrogens is 971 g/mol. The molecule has 0 aliphatic carbocycles. The lowest BCUT2D eigenvalue weighted by atomic mass is 10.0. The van der Waals surface area contributed by atoms with Crippen LogP contribution in [-0.2, 0) is 14.3 Å². The summed E-state index contributed by atoms with van der Waals surface area (Å²) in [6.07, 6.45) is 86.6. The number of unbranched alkanes of at least 4 members (excludes halogenated alkanes) is 53. The summed E-state index contributed by atoms with van der Waals surface area (Å²) in [5.74, 6) is -0.0221. The summed E-state index contributed by atoms with van der Waals surface area (Å²) in [6.45, 7) is 4.96. The Hall–Kier alpha value is -1.66. The summed E-state index contributed by atoms with van der Waals surface area (Å²) in [6, 6.07) is -0.539. The number of nitrogens with one attached hydrogen (secondary N) is 1. The molecule has 0 heterocycles. The van der Waals surface area contributed by atoms with Crippen molar-refractivity contribution < 1.29 is 24.5 Å². The Kier molecular flexibility index (Phi) is 67.4. The van der Waals surface area contributed by atoms with Crippen LogP contribution in [-0.4, -0.2) is 47.4 Å². The van der Waals surface area contributed by atoms with Crippen LogP contribution in [0, 0.1) is 0 Å². The molecule has 6 nitrogen and oxygen atoms in total. The Morgan fingerprint density at radius 1 is 0.354 bits per heavy atom. The molecule has 3 N–H and O–H groups in total. The highest BCUT2D eigenvalue weighted by atomic mass is 16.5. The number of carbonyl (C=O) groups is 2. The van der Waals surface area contributed by atoms with Gasteiger partial charge in [0.25, 0.3) is 0 Å². The number of amides is 1. The third-order valence-electron chi connectivity index (χ3n) is 17.0. The number of hydrogen-bond acceptors (Lipinski definition) is 5. The van der Waals surface area contributed by atoms with Gasteiger partial charge >= 0.3 is 5.97 Å². The van der Waals surface area contributed by atoms with Gasteiger partial charge in [-0.1, -0.05) is 359 Å². The van der Waals surface area contributed by atoms with Crippen LogP contribution in [0.4, 0.5) is 0 Å². The number of rotatable bonds is 68. The lowest BCUT2D eigenvalue weighted by Crippen LogP contribution is -2.45. The van der Waals surface area contributed by atoms with E-state index in [1.165, 1.54) is 321 Å². The maximum Gasteiger partial charge on any atom is 0.305 e. The van der Waals surface area contributed by atoms with E-state index in [2.05, 4.69) is 43.5 Å². The Balaban J connectivity index is 3.35. The van der Waals surface area contributed by atoms with Crippen LogP contribution < -0.4 is 5.32 Å². The zero-order valence-corrected chi connectivity index (χ0v) is 53.6. The molecule has 0 rings (SSSR count). The third-order valence-corrected chi connectivity index (χ3v) is 17.0. The minimum absolute atomic E-state index is 0.00554. The predicted octanol–water partition coefficient (Wildman–Crippen LogP) is 23.3. The van der Waals surface area contributed by atoms with E-state index < -0.39 is 12.1 Å². The van der Waals surface area contributed by atoms with E-state index in [0.29, 0.717) is 25.9 Å². The van der Waals surface area contributed by atoms with Crippen LogP contribution in [0.1, 0.15) is 406 Å². The first-order valence-electron chi connectivity index (χ1n) is 36.1. The molecule has 0 aromatic heterocycles. The Labute approximate surface area is 494 Å². The number of carbonyl (C=O) groups excluding carboxylic acids is 2. The van der Waals surface area contributed by atoms with Crippen LogP contribution in [0.5, 0.6) is 0 Å². The average molecular weight is 1110 g/mol. The number of aliphatic hydroxyl groups excluding tert-OH is 2. The summed E-state index contributed by atoms with van der Waals surface area (Å²) in [5.41, 5.74) is 0. The van der Waals surface area contributed by atoms with Crippen molar-refractivity contribution in [3.8, 4) is 0 Å². The smallest absolute Gasteiger partial charge is 0.305 e.